The normalized spacial score (nSPS) is 13.2. The molecule has 3 heteroatoms. The average Bonchev–Trinajstić information content (AvgIpc) is 2.42. The fourth-order valence-corrected chi connectivity index (χ4v) is 2.18. The van der Waals surface area contributed by atoms with Gasteiger partial charge in [-0.1, -0.05) is 42.5 Å². The van der Waals surface area contributed by atoms with Gasteiger partial charge < -0.3 is 9.47 Å². The summed E-state index contributed by atoms with van der Waals surface area (Å²) in [5.41, 5.74) is 0.403. The molecule has 0 aliphatic carbocycles. The van der Waals surface area contributed by atoms with Crippen LogP contribution in [0.4, 0.5) is 0 Å². The van der Waals surface area contributed by atoms with E-state index in [2.05, 4.69) is 0 Å². The van der Waals surface area contributed by atoms with E-state index in [0.717, 1.165) is 16.3 Å². The number of methoxy groups -OCH3 is 1. The second kappa shape index (κ2) is 5.63. The SMILES string of the molecule is COC(=O)C(OC(C)(C)C)c1cccc2ccccc12. The molecule has 106 valence electrons. The molecular formula is C17H20O3. The standard InChI is InChI=1S/C17H20O3/c1-17(2,3)20-15(16(18)19-4)14-11-7-9-12-8-5-6-10-13(12)14/h5-11,15H,1-4H3. The zero-order valence-electron chi connectivity index (χ0n) is 12.3. The van der Waals surface area contributed by atoms with Crippen molar-refractivity contribution in [3.05, 3.63) is 48.0 Å². The van der Waals surface area contributed by atoms with E-state index < -0.39 is 11.7 Å². The summed E-state index contributed by atoms with van der Waals surface area (Å²) >= 11 is 0. The molecule has 1 unspecified atom stereocenters. The first-order valence-electron chi connectivity index (χ1n) is 6.66. The number of ether oxygens (including phenoxy) is 2. The highest BCUT2D eigenvalue weighted by Crippen LogP contribution is 2.30. The topological polar surface area (TPSA) is 35.5 Å². The first-order valence-corrected chi connectivity index (χ1v) is 6.66. The Labute approximate surface area is 119 Å². The van der Waals surface area contributed by atoms with Crippen molar-refractivity contribution in [2.75, 3.05) is 7.11 Å². The van der Waals surface area contributed by atoms with E-state index in [-0.39, 0.29) is 5.97 Å². The van der Waals surface area contributed by atoms with Gasteiger partial charge in [-0.25, -0.2) is 4.79 Å². The Morgan fingerprint density at radius 2 is 1.70 bits per heavy atom. The molecule has 2 aromatic carbocycles. The van der Waals surface area contributed by atoms with Crippen LogP contribution < -0.4 is 0 Å². The number of esters is 1. The monoisotopic (exact) mass is 272 g/mol. The van der Waals surface area contributed by atoms with Crippen molar-refractivity contribution >= 4 is 16.7 Å². The predicted molar refractivity (Wildman–Crippen MR) is 79.5 cm³/mol. The predicted octanol–water partition coefficient (Wildman–Crippen LogP) is 3.87. The van der Waals surface area contributed by atoms with Gasteiger partial charge in [0.05, 0.1) is 12.7 Å². The summed E-state index contributed by atoms with van der Waals surface area (Å²) in [4.78, 5) is 12.1. The molecule has 2 aromatic rings. The highest BCUT2D eigenvalue weighted by atomic mass is 16.6. The van der Waals surface area contributed by atoms with Crippen LogP contribution in [0.2, 0.25) is 0 Å². The van der Waals surface area contributed by atoms with E-state index >= 15 is 0 Å². The Hall–Kier alpha value is -1.87. The lowest BCUT2D eigenvalue weighted by Gasteiger charge is -2.26. The van der Waals surface area contributed by atoms with Crippen LogP contribution in [0.1, 0.15) is 32.4 Å². The molecule has 0 aliphatic rings. The maximum absolute atomic E-state index is 12.1. The average molecular weight is 272 g/mol. The summed E-state index contributed by atoms with van der Waals surface area (Å²) in [7, 11) is 1.38. The molecule has 0 spiro atoms. The van der Waals surface area contributed by atoms with Crippen LogP contribution in [0, 0.1) is 0 Å². The third-order valence-electron chi connectivity index (χ3n) is 2.99. The van der Waals surface area contributed by atoms with Gasteiger partial charge >= 0.3 is 5.97 Å². The molecule has 0 aromatic heterocycles. The van der Waals surface area contributed by atoms with E-state index in [1.165, 1.54) is 7.11 Å². The number of hydrogen-bond donors (Lipinski definition) is 0. The number of benzene rings is 2. The van der Waals surface area contributed by atoms with Gasteiger partial charge in [0, 0.05) is 0 Å². The van der Waals surface area contributed by atoms with Crippen LogP contribution >= 0.6 is 0 Å². The number of fused-ring (bicyclic) bond motifs is 1. The molecule has 0 fully saturated rings. The molecule has 0 aliphatic heterocycles. The van der Waals surface area contributed by atoms with E-state index in [9.17, 15) is 4.79 Å². The molecule has 0 heterocycles. The van der Waals surface area contributed by atoms with Crippen LogP contribution in [0.5, 0.6) is 0 Å². The second-order valence-corrected chi connectivity index (χ2v) is 5.70. The fourth-order valence-electron chi connectivity index (χ4n) is 2.18. The van der Waals surface area contributed by atoms with Crippen LogP contribution in [0.15, 0.2) is 42.5 Å². The smallest absolute Gasteiger partial charge is 0.339 e. The van der Waals surface area contributed by atoms with Crippen LogP contribution in [0.25, 0.3) is 10.8 Å². The highest BCUT2D eigenvalue weighted by molar-refractivity contribution is 5.90. The summed E-state index contributed by atoms with van der Waals surface area (Å²) in [6.45, 7) is 5.77. The summed E-state index contributed by atoms with van der Waals surface area (Å²) in [6.07, 6.45) is -0.717. The van der Waals surface area contributed by atoms with Gasteiger partial charge in [0.2, 0.25) is 0 Å². The van der Waals surface area contributed by atoms with Crippen LogP contribution in [-0.4, -0.2) is 18.7 Å². The lowest BCUT2D eigenvalue weighted by molar-refractivity contribution is -0.164. The molecule has 0 saturated carbocycles. The first kappa shape index (κ1) is 14.5. The van der Waals surface area contributed by atoms with Gasteiger partial charge in [0.1, 0.15) is 0 Å². The van der Waals surface area contributed by atoms with Gasteiger partial charge in [0.25, 0.3) is 0 Å². The molecule has 2 rings (SSSR count). The summed E-state index contributed by atoms with van der Waals surface area (Å²) in [6, 6.07) is 13.8. The molecule has 0 radical (unpaired) electrons. The van der Waals surface area contributed by atoms with E-state index in [0.29, 0.717) is 0 Å². The highest BCUT2D eigenvalue weighted by Gasteiger charge is 2.28. The van der Waals surface area contributed by atoms with E-state index in [4.69, 9.17) is 9.47 Å². The van der Waals surface area contributed by atoms with Crippen molar-refractivity contribution in [2.24, 2.45) is 0 Å². The van der Waals surface area contributed by atoms with Gasteiger partial charge in [0.15, 0.2) is 6.10 Å². The Balaban J connectivity index is 2.53. The van der Waals surface area contributed by atoms with Gasteiger partial charge in [-0.3, -0.25) is 0 Å². The van der Waals surface area contributed by atoms with Crippen molar-refractivity contribution in [3.63, 3.8) is 0 Å². The minimum Gasteiger partial charge on any atom is -0.467 e. The quantitative estimate of drug-likeness (QED) is 0.796. The number of rotatable bonds is 3. The number of carbonyl (C=O) groups excluding carboxylic acids is 1. The van der Waals surface area contributed by atoms with E-state index in [1.807, 2.05) is 63.2 Å². The maximum atomic E-state index is 12.1. The molecule has 0 N–H and O–H groups in total. The Morgan fingerprint density at radius 3 is 2.35 bits per heavy atom. The van der Waals surface area contributed by atoms with E-state index in [1.54, 1.807) is 0 Å². The maximum Gasteiger partial charge on any atom is 0.339 e. The Morgan fingerprint density at radius 1 is 1.05 bits per heavy atom. The largest absolute Gasteiger partial charge is 0.467 e. The van der Waals surface area contributed by atoms with Crippen molar-refractivity contribution in [3.8, 4) is 0 Å². The molecule has 0 saturated heterocycles. The zero-order valence-corrected chi connectivity index (χ0v) is 12.3. The first-order chi connectivity index (χ1) is 9.42. The van der Waals surface area contributed by atoms with Crippen molar-refractivity contribution in [2.45, 2.75) is 32.5 Å². The molecular weight excluding hydrogens is 252 g/mol. The second-order valence-electron chi connectivity index (χ2n) is 5.70. The third-order valence-corrected chi connectivity index (χ3v) is 2.99. The summed E-state index contributed by atoms with van der Waals surface area (Å²) in [5.74, 6) is -0.378. The van der Waals surface area contributed by atoms with Gasteiger partial charge in [-0.15, -0.1) is 0 Å². The molecule has 0 amide bonds. The van der Waals surface area contributed by atoms with Crippen LogP contribution in [0.3, 0.4) is 0 Å². The van der Waals surface area contributed by atoms with Crippen molar-refractivity contribution in [1.82, 2.24) is 0 Å². The lowest BCUT2D eigenvalue weighted by atomic mass is 9.99. The van der Waals surface area contributed by atoms with Gasteiger partial charge in [-0.05, 0) is 37.1 Å². The van der Waals surface area contributed by atoms with Crippen LogP contribution in [-0.2, 0) is 14.3 Å². The molecule has 0 bridgehead atoms. The molecule has 20 heavy (non-hydrogen) atoms. The molecule has 3 nitrogen and oxygen atoms in total. The van der Waals surface area contributed by atoms with Crippen molar-refractivity contribution in [1.29, 1.82) is 0 Å². The third kappa shape index (κ3) is 3.17. The number of carbonyl (C=O) groups is 1. The van der Waals surface area contributed by atoms with Crippen molar-refractivity contribution < 1.29 is 14.3 Å². The zero-order chi connectivity index (χ0) is 14.8. The summed E-state index contributed by atoms with van der Waals surface area (Å²) in [5, 5.41) is 2.09. The Bertz CT molecular complexity index is 606. The van der Waals surface area contributed by atoms with Gasteiger partial charge in [-0.2, -0.15) is 0 Å². The minimum atomic E-state index is -0.717. The lowest BCUT2D eigenvalue weighted by Crippen LogP contribution is -2.28. The minimum absolute atomic E-state index is 0.378. The fraction of sp³-hybridized carbons (Fsp3) is 0.353. The number of hydrogen-bond acceptors (Lipinski definition) is 3. The Kier molecular flexibility index (Phi) is 4.09. The summed E-state index contributed by atoms with van der Waals surface area (Å²) < 4.78 is 10.8. The molecule has 1 atom stereocenters.